The highest BCUT2D eigenvalue weighted by Crippen LogP contribution is 2.13. The maximum atomic E-state index is 11.4. The number of aryl methyl sites for hydroxylation is 2. The van der Waals surface area contributed by atoms with Crippen molar-refractivity contribution in [2.24, 2.45) is 7.05 Å². The van der Waals surface area contributed by atoms with Crippen LogP contribution in [-0.2, 0) is 18.3 Å². The molecule has 2 aromatic rings. The summed E-state index contributed by atoms with van der Waals surface area (Å²) in [5.74, 6) is 0.560. The van der Waals surface area contributed by atoms with Gasteiger partial charge < -0.3 is 15.8 Å². The second kappa shape index (κ2) is 5.55. The van der Waals surface area contributed by atoms with E-state index in [4.69, 9.17) is 5.73 Å². The van der Waals surface area contributed by atoms with E-state index in [2.05, 4.69) is 25.1 Å². The number of carbonyl (C=O) groups is 1. The first kappa shape index (κ1) is 13.8. The molecule has 0 amide bonds. The minimum atomic E-state index is -0.572. The number of nitrogen functional groups attached to an aromatic ring is 1. The fraction of sp³-hybridized carbons (Fsp3) is 0.333. The summed E-state index contributed by atoms with van der Waals surface area (Å²) < 4.78 is 6.19. The molecule has 2 aromatic heterocycles. The fourth-order valence-corrected chi connectivity index (χ4v) is 1.66. The zero-order valence-electron chi connectivity index (χ0n) is 11.5. The number of ether oxygens (including phenoxy) is 1. The summed E-state index contributed by atoms with van der Waals surface area (Å²) >= 11 is 0. The molecule has 0 unspecified atom stereocenters. The monoisotopic (exact) mass is 276 g/mol. The highest BCUT2D eigenvalue weighted by molar-refractivity contribution is 5.85. The zero-order valence-corrected chi connectivity index (χ0v) is 11.5. The van der Waals surface area contributed by atoms with Crippen LogP contribution in [0.4, 0.5) is 11.6 Å². The van der Waals surface area contributed by atoms with Crippen molar-refractivity contribution >= 4 is 17.6 Å². The maximum Gasteiger partial charge on any atom is 0.376 e. The first-order valence-corrected chi connectivity index (χ1v) is 5.95. The minimum Gasteiger partial charge on any atom is -0.463 e. The number of aromatic nitrogens is 4. The maximum absolute atomic E-state index is 11.4. The second-order valence-corrected chi connectivity index (χ2v) is 4.24. The van der Waals surface area contributed by atoms with Gasteiger partial charge in [-0.05, 0) is 6.92 Å². The summed E-state index contributed by atoms with van der Waals surface area (Å²) in [4.78, 5) is 19.5. The van der Waals surface area contributed by atoms with E-state index in [9.17, 15) is 4.79 Å². The average molecular weight is 276 g/mol. The number of nitrogens with two attached hydrogens (primary N) is 1. The van der Waals surface area contributed by atoms with Crippen molar-refractivity contribution in [2.75, 3.05) is 18.2 Å². The summed E-state index contributed by atoms with van der Waals surface area (Å²) in [6.07, 6.45) is 1.68. The Labute approximate surface area is 116 Å². The van der Waals surface area contributed by atoms with Gasteiger partial charge in [0.25, 0.3) is 0 Å². The molecule has 0 atom stereocenters. The Bertz CT molecular complexity index is 637. The average Bonchev–Trinajstić information content (AvgIpc) is 2.75. The first-order valence-electron chi connectivity index (χ1n) is 5.95. The van der Waals surface area contributed by atoms with Gasteiger partial charge in [-0.25, -0.2) is 14.8 Å². The van der Waals surface area contributed by atoms with E-state index >= 15 is 0 Å². The molecular formula is C12H16N6O2. The number of anilines is 2. The summed E-state index contributed by atoms with van der Waals surface area (Å²) in [5.41, 5.74) is 7.37. The van der Waals surface area contributed by atoms with E-state index in [0.29, 0.717) is 23.9 Å². The van der Waals surface area contributed by atoms with Crippen LogP contribution < -0.4 is 11.1 Å². The lowest BCUT2D eigenvalue weighted by atomic mass is 10.3. The van der Waals surface area contributed by atoms with Crippen molar-refractivity contribution in [3.63, 3.8) is 0 Å². The molecule has 3 N–H and O–H groups in total. The van der Waals surface area contributed by atoms with Gasteiger partial charge in [-0.15, -0.1) is 0 Å². The lowest BCUT2D eigenvalue weighted by molar-refractivity contribution is 0.0586. The van der Waals surface area contributed by atoms with Gasteiger partial charge in [0.15, 0.2) is 0 Å². The Hall–Kier alpha value is -2.64. The van der Waals surface area contributed by atoms with Gasteiger partial charge in [0, 0.05) is 30.9 Å². The Balaban J connectivity index is 2.15. The van der Waals surface area contributed by atoms with Crippen LogP contribution in [0.1, 0.15) is 21.9 Å². The molecule has 2 heterocycles. The molecular weight excluding hydrogens is 260 g/mol. The van der Waals surface area contributed by atoms with E-state index in [1.165, 1.54) is 7.11 Å². The van der Waals surface area contributed by atoms with Gasteiger partial charge in [0.1, 0.15) is 11.6 Å². The highest BCUT2D eigenvalue weighted by atomic mass is 16.5. The van der Waals surface area contributed by atoms with Crippen LogP contribution in [-0.4, -0.2) is 32.8 Å². The molecule has 0 aliphatic rings. The van der Waals surface area contributed by atoms with Crippen molar-refractivity contribution < 1.29 is 9.53 Å². The molecule has 2 rings (SSSR count). The lowest BCUT2D eigenvalue weighted by Gasteiger charge is -2.07. The number of nitrogens with zero attached hydrogens (tertiary/aromatic N) is 4. The Morgan fingerprint density at radius 3 is 2.85 bits per heavy atom. The Morgan fingerprint density at radius 1 is 1.50 bits per heavy atom. The number of carbonyl (C=O) groups excluding carboxylic acids is 1. The molecule has 20 heavy (non-hydrogen) atoms. The summed E-state index contributed by atoms with van der Waals surface area (Å²) in [5, 5.41) is 7.13. The van der Waals surface area contributed by atoms with Crippen molar-refractivity contribution in [3.8, 4) is 0 Å². The lowest BCUT2D eigenvalue weighted by Crippen LogP contribution is -2.11. The largest absolute Gasteiger partial charge is 0.463 e. The van der Waals surface area contributed by atoms with Gasteiger partial charge in [-0.3, -0.25) is 4.68 Å². The van der Waals surface area contributed by atoms with Crippen molar-refractivity contribution in [1.82, 2.24) is 19.7 Å². The zero-order chi connectivity index (χ0) is 14.7. The second-order valence-electron chi connectivity index (χ2n) is 4.24. The van der Waals surface area contributed by atoms with Crippen LogP contribution in [0.15, 0.2) is 12.3 Å². The predicted molar refractivity (Wildman–Crippen MR) is 73.1 cm³/mol. The summed E-state index contributed by atoms with van der Waals surface area (Å²) in [6, 6.07) is 1.74. The van der Waals surface area contributed by atoms with Crippen LogP contribution in [0, 0.1) is 6.92 Å². The molecule has 0 aliphatic carbocycles. The molecule has 0 bridgehead atoms. The molecule has 0 spiro atoms. The molecule has 0 aliphatic heterocycles. The number of methoxy groups -OCH3 is 1. The molecule has 0 radical (unpaired) electrons. The van der Waals surface area contributed by atoms with E-state index in [1.807, 2.05) is 0 Å². The van der Waals surface area contributed by atoms with Crippen LogP contribution in [0.25, 0.3) is 0 Å². The van der Waals surface area contributed by atoms with E-state index in [-0.39, 0.29) is 5.82 Å². The van der Waals surface area contributed by atoms with Crippen molar-refractivity contribution in [2.45, 2.75) is 13.5 Å². The topological polar surface area (TPSA) is 108 Å². The van der Waals surface area contributed by atoms with Crippen LogP contribution in [0.3, 0.4) is 0 Å². The number of nitrogens with one attached hydrogen (secondary N) is 1. The quantitative estimate of drug-likeness (QED) is 0.783. The van der Waals surface area contributed by atoms with Crippen molar-refractivity contribution in [1.29, 1.82) is 0 Å². The highest BCUT2D eigenvalue weighted by Gasteiger charge is 2.12. The predicted octanol–water partition coefficient (Wildman–Crippen LogP) is 0.499. The summed E-state index contributed by atoms with van der Waals surface area (Å²) in [7, 11) is 3.06. The molecule has 8 nitrogen and oxygen atoms in total. The molecule has 106 valence electrons. The number of hydrogen-bond donors (Lipinski definition) is 2. The van der Waals surface area contributed by atoms with Gasteiger partial charge in [-0.2, -0.15) is 5.10 Å². The number of rotatable bonds is 4. The van der Waals surface area contributed by atoms with E-state index < -0.39 is 5.97 Å². The van der Waals surface area contributed by atoms with E-state index in [0.717, 1.165) is 5.56 Å². The van der Waals surface area contributed by atoms with Gasteiger partial charge in [0.05, 0.1) is 13.3 Å². The van der Waals surface area contributed by atoms with Crippen LogP contribution >= 0.6 is 0 Å². The first-order chi connectivity index (χ1) is 9.51. The Morgan fingerprint density at radius 2 is 2.25 bits per heavy atom. The van der Waals surface area contributed by atoms with Crippen molar-refractivity contribution in [3.05, 3.63) is 29.3 Å². The number of hydrogen-bond acceptors (Lipinski definition) is 7. The molecule has 0 fully saturated rings. The molecule has 0 aromatic carbocycles. The smallest absolute Gasteiger partial charge is 0.376 e. The normalized spacial score (nSPS) is 10.3. The van der Waals surface area contributed by atoms with Gasteiger partial charge >= 0.3 is 5.97 Å². The molecule has 0 saturated carbocycles. The molecule has 0 saturated heterocycles. The fourth-order valence-electron chi connectivity index (χ4n) is 1.66. The third kappa shape index (κ3) is 2.85. The van der Waals surface area contributed by atoms with Crippen LogP contribution in [0.2, 0.25) is 0 Å². The third-order valence-corrected chi connectivity index (χ3v) is 2.75. The van der Waals surface area contributed by atoms with E-state index in [1.54, 1.807) is 30.9 Å². The third-order valence-electron chi connectivity index (χ3n) is 2.75. The van der Waals surface area contributed by atoms with Gasteiger partial charge in [-0.1, -0.05) is 0 Å². The van der Waals surface area contributed by atoms with Gasteiger partial charge in [0.2, 0.25) is 5.82 Å². The summed E-state index contributed by atoms with van der Waals surface area (Å²) in [6.45, 7) is 2.23. The SMILES string of the molecule is COC(=O)c1nc(C)cc(NCc2cnn(C)c2N)n1. The van der Waals surface area contributed by atoms with Crippen LogP contribution in [0.5, 0.6) is 0 Å². The Kier molecular flexibility index (Phi) is 3.83. The number of esters is 1. The molecule has 8 heteroatoms. The standard InChI is InChI=1S/C12H16N6O2/c1-7-4-9(17-11(16-7)12(19)20-3)14-5-8-6-15-18(2)10(8)13/h4,6H,5,13H2,1-3H3,(H,14,16,17). The minimum absolute atomic E-state index is 0.0224.